The van der Waals surface area contributed by atoms with Crippen molar-refractivity contribution in [3.05, 3.63) is 87.1 Å². The van der Waals surface area contributed by atoms with Gasteiger partial charge in [0, 0.05) is 17.1 Å². The maximum atomic E-state index is 12.8. The summed E-state index contributed by atoms with van der Waals surface area (Å²) < 4.78 is 2.32. The van der Waals surface area contributed by atoms with Crippen molar-refractivity contribution in [2.75, 3.05) is 0 Å². The Balaban J connectivity index is 1.14. The molecule has 1 saturated heterocycles. The second-order valence-electron chi connectivity index (χ2n) is 12.7. The largest absolute Gasteiger partial charge is 0.318 e. The molecule has 4 saturated carbocycles. The Morgan fingerprint density at radius 3 is 2.23 bits per heavy atom. The molecular formula is C34H37N3OS. The fourth-order valence-corrected chi connectivity index (χ4v) is 9.25. The quantitative estimate of drug-likeness (QED) is 0.343. The fraction of sp³-hybridized carbons (Fsp3) is 0.412. The lowest BCUT2D eigenvalue weighted by atomic mass is 9.48. The normalized spacial score (nSPS) is 29.5. The number of nitrogens with zero attached hydrogens (tertiary/aromatic N) is 2. The van der Waals surface area contributed by atoms with Crippen LogP contribution in [0.2, 0.25) is 0 Å². The van der Waals surface area contributed by atoms with Gasteiger partial charge in [-0.25, -0.2) is 4.99 Å². The van der Waals surface area contributed by atoms with E-state index in [2.05, 4.69) is 80.0 Å². The van der Waals surface area contributed by atoms with Gasteiger partial charge < -0.3 is 9.88 Å². The molecule has 2 heterocycles. The van der Waals surface area contributed by atoms with Gasteiger partial charge in [0.1, 0.15) is 0 Å². The van der Waals surface area contributed by atoms with E-state index in [-0.39, 0.29) is 5.91 Å². The Bertz CT molecular complexity index is 1510. The van der Waals surface area contributed by atoms with E-state index in [9.17, 15) is 4.79 Å². The van der Waals surface area contributed by atoms with Gasteiger partial charge in [0.15, 0.2) is 5.17 Å². The van der Waals surface area contributed by atoms with Gasteiger partial charge >= 0.3 is 0 Å². The molecule has 5 aliphatic rings. The third-order valence-electron chi connectivity index (χ3n) is 9.76. The minimum atomic E-state index is -0.0896. The number of aryl methyl sites for hydroxylation is 3. The first-order valence-corrected chi connectivity index (χ1v) is 15.2. The molecule has 1 amide bonds. The minimum absolute atomic E-state index is 0.0896. The standard InChI is InChI=1S/C34H37N3OS/c1-20-5-10-30(21(2)11-20)35-33-36-32(38)31(39-33)16-27-12-22(3)37(23(27)4)29-8-6-28(7-9-29)34-17-24-13-25(18-34)15-26(14-24)19-34/h5-12,16,24-26H,13-15,17-19H2,1-4H3,(H,35,36,38)/b31-16-. The van der Waals surface area contributed by atoms with E-state index in [1.165, 1.54) is 67.2 Å². The monoisotopic (exact) mass is 535 g/mol. The number of aromatic nitrogens is 1. The maximum absolute atomic E-state index is 12.8. The summed E-state index contributed by atoms with van der Waals surface area (Å²) in [6.07, 6.45) is 10.6. The van der Waals surface area contributed by atoms with Gasteiger partial charge in [-0.15, -0.1) is 0 Å². The van der Waals surface area contributed by atoms with Crippen LogP contribution in [0.15, 0.2) is 58.4 Å². The lowest BCUT2D eigenvalue weighted by molar-refractivity contribution is -0.115. The van der Waals surface area contributed by atoms with Crippen molar-refractivity contribution in [2.45, 2.75) is 71.6 Å². The number of aliphatic imine (C=N–C) groups is 1. The number of benzene rings is 2. The number of hydrogen-bond donors (Lipinski definition) is 1. The Labute approximate surface area is 236 Å². The predicted octanol–water partition coefficient (Wildman–Crippen LogP) is 8.07. The van der Waals surface area contributed by atoms with Gasteiger partial charge in [0.05, 0.1) is 10.6 Å². The second-order valence-corrected chi connectivity index (χ2v) is 13.7. The molecular weight excluding hydrogens is 498 g/mol. The molecule has 4 aliphatic carbocycles. The first-order chi connectivity index (χ1) is 18.8. The highest BCUT2D eigenvalue weighted by molar-refractivity contribution is 8.18. The molecule has 0 spiro atoms. The molecule has 0 unspecified atom stereocenters. The summed E-state index contributed by atoms with van der Waals surface area (Å²) in [5.41, 5.74) is 9.78. The molecule has 200 valence electrons. The van der Waals surface area contributed by atoms with Crippen LogP contribution in [-0.4, -0.2) is 15.6 Å². The highest BCUT2D eigenvalue weighted by atomic mass is 32.2. The van der Waals surface area contributed by atoms with E-state index in [1.807, 2.05) is 12.1 Å². The van der Waals surface area contributed by atoms with Crippen LogP contribution in [0, 0.1) is 45.4 Å². The van der Waals surface area contributed by atoms with Gasteiger partial charge in [-0.2, -0.15) is 0 Å². The number of carbonyl (C=O) groups excluding carboxylic acids is 1. The summed E-state index contributed by atoms with van der Waals surface area (Å²) in [6.45, 7) is 8.42. The molecule has 4 nitrogen and oxygen atoms in total. The Hall–Kier alpha value is -3.05. The molecule has 3 aromatic rings. The summed E-state index contributed by atoms with van der Waals surface area (Å²) >= 11 is 1.41. The second kappa shape index (κ2) is 9.26. The van der Waals surface area contributed by atoms with Crippen LogP contribution < -0.4 is 5.32 Å². The highest BCUT2D eigenvalue weighted by Gasteiger charge is 2.51. The number of amidine groups is 1. The number of nitrogens with one attached hydrogen (secondary N) is 1. The van der Waals surface area contributed by atoms with Crippen molar-refractivity contribution in [1.82, 2.24) is 9.88 Å². The minimum Gasteiger partial charge on any atom is -0.318 e. The van der Waals surface area contributed by atoms with Gasteiger partial charge in [-0.05, 0) is 148 Å². The van der Waals surface area contributed by atoms with E-state index in [0.717, 1.165) is 40.3 Å². The van der Waals surface area contributed by atoms with Gasteiger partial charge in [0.2, 0.25) is 0 Å². The molecule has 8 rings (SSSR count). The summed E-state index contributed by atoms with van der Waals surface area (Å²) in [4.78, 5) is 18.2. The first kappa shape index (κ1) is 25.0. The lowest BCUT2D eigenvalue weighted by Crippen LogP contribution is -2.48. The molecule has 1 aromatic heterocycles. The van der Waals surface area contributed by atoms with Crippen LogP contribution in [0.5, 0.6) is 0 Å². The summed E-state index contributed by atoms with van der Waals surface area (Å²) in [5, 5.41) is 3.58. The molecule has 39 heavy (non-hydrogen) atoms. The zero-order valence-corrected chi connectivity index (χ0v) is 24.2. The fourth-order valence-electron chi connectivity index (χ4n) is 8.42. The predicted molar refractivity (Wildman–Crippen MR) is 162 cm³/mol. The molecule has 5 heteroatoms. The number of rotatable bonds is 4. The molecule has 2 aromatic carbocycles. The van der Waals surface area contributed by atoms with Crippen LogP contribution in [0.3, 0.4) is 0 Å². The summed E-state index contributed by atoms with van der Waals surface area (Å²) in [7, 11) is 0. The molecule has 1 aliphatic heterocycles. The van der Waals surface area contributed by atoms with Crippen molar-refractivity contribution >= 4 is 34.6 Å². The third-order valence-corrected chi connectivity index (χ3v) is 10.7. The molecule has 1 N–H and O–H groups in total. The summed E-state index contributed by atoms with van der Waals surface area (Å²) in [6, 6.07) is 17.8. The zero-order chi connectivity index (χ0) is 26.9. The Kier molecular flexibility index (Phi) is 5.93. The van der Waals surface area contributed by atoms with Crippen LogP contribution in [0.1, 0.15) is 72.2 Å². The molecule has 4 bridgehead atoms. The van der Waals surface area contributed by atoms with Gasteiger partial charge in [-0.3, -0.25) is 4.79 Å². The SMILES string of the molecule is Cc1ccc(N=C2NC(=O)/C(=C/c3cc(C)n(-c4ccc(C56CC7CC(CC(C7)C5)C6)cc4)c3C)S2)c(C)c1. The van der Waals surface area contributed by atoms with Crippen LogP contribution in [0.4, 0.5) is 5.69 Å². The highest BCUT2D eigenvalue weighted by Crippen LogP contribution is 2.60. The van der Waals surface area contributed by atoms with Crippen LogP contribution >= 0.6 is 11.8 Å². The van der Waals surface area contributed by atoms with E-state index >= 15 is 0 Å². The van der Waals surface area contributed by atoms with Crippen LogP contribution in [0.25, 0.3) is 11.8 Å². The number of thioether (sulfide) groups is 1. The Morgan fingerprint density at radius 1 is 0.923 bits per heavy atom. The molecule has 5 fully saturated rings. The van der Waals surface area contributed by atoms with E-state index < -0.39 is 0 Å². The zero-order valence-electron chi connectivity index (χ0n) is 23.4. The summed E-state index contributed by atoms with van der Waals surface area (Å²) in [5.74, 6) is 2.78. The first-order valence-electron chi connectivity index (χ1n) is 14.4. The average Bonchev–Trinajstić information content (AvgIpc) is 3.37. The van der Waals surface area contributed by atoms with Crippen molar-refractivity contribution in [3.63, 3.8) is 0 Å². The smallest absolute Gasteiger partial charge is 0.264 e. The molecule has 0 atom stereocenters. The molecule has 0 radical (unpaired) electrons. The van der Waals surface area contributed by atoms with Gasteiger partial charge in [-0.1, -0.05) is 29.8 Å². The topological polar surface area (TPSA) is 46.4 Å². The third kappa shape index (κ3) is 4.39. The maximum Gasteiger partial charge on any atom is 0.264 e. The van der Waals surface area contributed by atoms with Crippen molar-refractivity contribution in [3.8, 4) is 5.69 Å². The van der Waals surface area contributed by atoms with Crippen LogP contribution in [-0.2, 0) is 10.2 Å². The van der Waals surface area contributed by atoms with Crippen molar-refractivity contribution in [2.24, 2.45) is 22.7 Å². The van der Waals surface area contributed by atoms with Crippen molar-refractivity contribution < 1.29 is 4.79 Å². The van der Waals surface area contributed by atoms with Gasteiger partial charge in [0.25, 0.3) is 5.91 Å². The Morgan fingerprint density at radius 2 is 1.59 bits per heavy atom. The van der Waals surface area contributed by atoms with E-state index in [1.54, 1.807) is 5.56 Å². The number of carbonyl (C=O) groups is 1. The lowest BCUT2D eigenvalue weighted by Gasteiger charge is -2.57. The van der Waals surface area contributed by atoms with E-state index in [0.29, 0.717) is 15.5 Å². The van der Waals surface area contributed by atoms with E-state index in [4.69, 9.17) is 4.99 Å². The average molecular weight is 536 g/mol. The number of hydrogen-bond acceptors (Lipinski definition) is 3. The van der Waals surface area contributed by atoms with Crippen molar-refractivity contribution in [1.29, 1.82) is 0 Å². The number of amides is 1.